The summed E-state index contributed by atoms with van der Waals surface area (Å²) in [7, 11) is 0. The smallest absolute Gasteiger partial charge is 0.366 e. The van der Waals surface area contributed by atoms with E-state index in [2.05, 4.69) is 10.2 Å². The topological polar surface area (TPSA) is 67.8 Å². The molecule has 0 saturated carbocycles. The minimum Gasteiger partial charge on any atom is -0.366 e. The number of hydrogen-bond donors (Lipinski definition) is 1. The molecule has 1 amide bonds. The SMILES string of the molecule is NC(=O)C1=CN=NC1(c1ccccc1)C(F)(F)F. The number of rotatable bonds is 2. The highest BCUT2D eigenvalue weighted by atomic mass is 19.4. The van der Waals surface area contributed by atoms with Crippen molar-refractivity contribution in [3.63, 3.8) is 0 Å². The molecule has 2 N–H and O–H groups in total. The van der Waals surface area contributed by atoms with Crippen LogP contribution >= 0.6 is 0 Å². The van der Waals surface area contributed by atoms with E-state index >= 15 is 0 Å². The van der Waals surface area contributed by atoms with Gasteiger partial charge in [-0.05, 0) is 5.56 Å². The number of benzene rings is 1. The molecule has 0 radical (unpaired) electrons. The molecular formula is C11H8F3N3O. The van der Waals surface area contributed by atoms with Gasteiger partial charge in [-0.25, -0.2) is 0 Å². The van der Waals surface area contributed by atoms with Crippen molar-refractivity contribution in [1.29, 1.82) is 0 Å². The highest BCUT2D eigenvalue weighted by Crippen LogP contribution is 2.50. The first-order chi connectivity index (χ1) is 8.39. The maximum Gasteiger partial charge on any atom is 0.424 e. The molecule has 1 unspecified atom stereocenters. The average molecular weight is 255 g/mol. The Kier molecular flexibility index (Phi) is 2.68. The monoisotopic (exact) mass is 255 g/mol. The van der Waals surface area contributed by atoms with Crippen LogP contribution in [-0.2, 0) is 10.3 Å². The molecule has 0 aliphatic carbocycles. The quantitative estimate of drug-likeness (QED) is 0.865. The Labute approximate surface area is 100 Å². The third-order valence-corrected chi connectivity index (χ3v) is 2.65. The van der Waals surface area contributed by atoms with Gasteiger partial charge in [0.2, 0.25) is 11.4 Å². The molecule has 1 aromatic carbocycles. The summed E-state index contributed by atoms with van der Waals surface area (Å²) >= 11 is 0. The van der Waals surface area contributed by atoms with Crippen LogP contribution in [0.25, 0.3) is 0 Å². The Morgan fingerprint density at radius 3 is 2.33 bits per heavy atom. The Morgan fingerprint density at radius 2 is 1.83 bits per heavy atom. The highest BCUT2D eigenvalue weighted by molar-refractivity contribution is 5.95. The summed E-state index contributed by atoms with van der Waals surface area (Å²) in [6, 6.07) is 6.88. The van der Waals surface area contributed by atoms with Crippen molar-refractivity contribution in [1.82, 2.24) is 0 Å². The van der Waals surface area contributed by atoms with Crippen molar-refractivity contribution >= 4 is 5.91 Å². The van der Waals surface area contributed by atoms with E-state index in [1.165, 1.54) is 24.3 Å². The van der Waals surface area contributed by atoms with Crippen molar-refractivity contribution in [2.24, 2.45) is 16.0 Å². The fourth-order valence-electron chi connectivity index (χ4n) is 1.83. The lowest BCUT2D eigenvalue weighted by Gasteiger charge is -2.29. The van der Waals surface area contributed by atoms with Gasteiger partial charge in [-0.2, -0.15) is 23.4 Å². The van der Waals surface area contributed by atoms with Gasteiger partial charge in [-0.3, -0.25) is 4.79 Å². The molecule has 2 rings (SSSR count). The van der Waals surface area contributed by atoms with Crippen LogP contribution in [0.2, 0.25) is 0 Å². The van der Waals surface area contributed by atoms with Gasteiger partial charge in [0, 0.05) is 0 Å². The molecule has 0 spiro atoms. The summed E-state index contributed by atoms with van der Waals surface area (Å²) in [5.74, 6) is -1.19. The van der Waals surface area contributed by atoms with Crippen molar-refractivity contribution in [2.75, 3.05) is 0 Å². The minimum atomic E-state index is -4.80. The van der Waals surface area contributed by atoms with Gasteiger partial charge in [-0.15, -0.1) is 0 Å². The van der Waals surface area contributed by atoms with Crippen LogP contribution in [0, 0.1) is 0 Å². The number of nitrogens with two attached hydrogens (primary N) is 1. The molecule has 0 bridgehead atoms. The Balaban J connectivity index is 2.68. The third kappa shape index (κ3) is 1.59. The van der Waals surface area contributed by atoms with E-state index in [1.54, 1.807) is 6.07 Å². The number of carbonyl (C=O) groups excluding carboxylic acids is 1. The summed E-state index contributed by atoms with van der Waals surface area (Å²) in [5, 5.41) is 6.44. The second kappa shape index (κ2) is 3.94. The standard InChI is InChI=1S/C11H8F3N3O/c12-11(13,14)10(7-4-2-1-3-5-7)8(9(15)18)6-16-17-10/h1-6H,(H2,15,18). The first-order valence-electron chi connectivity index (χ1n) is 4.94. The zero-order valence-corrected chi connectivity index (χ0v) is 8.98. The largest absolute Gasteiger partial charge is 0.424 e. The zero-order valence-electron chi connectivity index (χ0n) is 8.98. The lowest BCUT2D eigenvalue weighted by Crippen LogP contribution is -2.44. The molecule has 1 heterocycles. The zero-order chi connectivity index (χ0) is 13.4. The predicted molar refractivity (Wildman–Crippen MR) is 56.3 cm³/mol. The van der Waals surface area contributed by atoms with Crippen LogP contribution in [0.4, 0.5) is 13.2 Å². The lowest BCUT2D eigenvalue weighted by atomic mass is 9.83. The summed E-state index contributed by atoms with van der Waals surface area (Å²) in [6.45, 7) is 0. The fraction of sp³-hybridized carbons (Fsp3) is 0.182. The van der Waals surface area contributed by atoms with E-state index in [-0.39, 0.29) is 5.56 Å². The summed E-state index contributed by atoms with van der Waals surface area (Å²) in [6.07, 6.45) is -4.04. The number of primary amides is 1. The third-order valence-electron chi connectivity index (χ3n) is 2.65. The second-order valence-electron chi connectivity index (χ2n) is 3.70. The van der Waals surface area contributed by atoms with Crippen LogP contribution in [0.1, 0.15) is 5.56 Å². The van der Waals surface area contributed by atoms with Gasteiger partial charge in [0.1, 0.15) is 0 Å². The number of carbonyl (C=O) groups is 1. The Hall–Kier alpha value is -2.18. The average Bonchev–Trinajstić information content (AvgIpc) is 2.75. The first-order valence-corrected chi connectivity index (χ1v) is 4.94. The van der Waals surface area contributed by atoms with Crippen LogP contribution in [-0.4, -0.2) is 12.1 Å². The van der Waals surface area contributed by atoms with Crippen molar-refractivity contribution in [2.45, 2.75) is 11.7 Å². The van der Waals surface area contributed by atoms with Crippen LogP contribution in [0.15, 0.2) is 52.3 Å². The van der Waals surface area contributed by atoms with Gasteiger partial charge >= 0.3 is 6.18 Å². The molecule has 1 aromatic rings. The molecule has 1 aliphatic heterocycles. The van der Waals surface area contributed by atoms with Crippen LogP contribution in [0.3, 0.4) is 0 Å². The molecule has 4 nitrogen and oxygen atoms in total. The maximum absolute atomic E-state index is 13.3. The van der Waals surface area contributed by atoms with Gasteiger partial charge in [0.05, 0.1) is 11.8 Å². The lowest BCUT2D eigenvalue weighted by molar-refractivity contribution is -0.178. The summed E-state index contributed by atoms with van der Waals surface area (Å²) in [4.78, 5) is 11.2. The van der Waals surface area contributed by atoms with Crippen molar-refractivity contribution in [3.05, 3.63) is 47.7 Å². The normalized spacial score (nSPS) is 22.9. The molecule has 18 heavy (non-hydrogen) atoms. The molecule has 1 aliphatic rings. The van der Waals surface area contributed by atoms with Gasteiger partial charge in [0.25, 0.3) is 0 Å². The summed E-state index contributed by atoms with van der Waals surface area (Å²) in [5.41, 5.74) is 1.32. The van der Waals surface area contributed by atoms with E-state index in [9.17, 15) is 18.0 Å². The number of amides is 1. The number of alkyl halides is 3. The van der Waals surface area contributed by atoms with E-state index < -0.39 is 23.2 Å². The number of halogens is 3. The molecule has 1 atom stereocenters. The molecule has 94 valence electrons. The Bertz CT molecular complexity index is 536. The second-order valence-corrected chi connectivity index (χ2v) is 3.70. The fourth-order valence-corrected chi connectivity index (χ4v) is 1.83. The van der Waals surface area contributed by atoms with E-state index in [1.807, 2.05) is 0 Å². The summed E-state index contributed by atoms with van der Waals surface area (Å²) < 4.78 is 39.9. The van der Waals surface area contributed by atoms with Gasteiger partial charge in [0.15, 0.2) is 0 Å². The number of nitrogens with zero attached hydrogens (tertiary/aromatic N) is 2. The minimum absolute atomic E-state index is 0.191. The maximum atomic E-state index is 13.3. The van der Waals surface area contributed by atoms with Crippen LogP contribution in [0.5, 0.6) is 0 Å². The van der Waals surface area contributed by atoms with E-state index in [4.69, 9.17) is 5.73 Å². The van der Waals surface area contributed by atoms with E-state index in [0.29, 0.717) is 0 Å². The molecule has 0 saturated heterocycles. The van der Waals surface area contributed by atoms with E-state index in [0.717, 1.165) is 6.20 Å². The van der Waals surface area contributed by atoms with Gasteiger partial charge in [-0.1, -0.05) is 30.3 Å². The molecular weight excluding hydrogens is 247 g/mol. The first kappa shape index (κ1) is 12.3. The highest BCUT2D eigenvalue weighted by Gasteiger charge is 2.62. The van der Waals surface area contributed by atoms with Crippen molar-refractivity contribution in [3.8, 4) is 0 Å². The molecule has 7 heteroatoms. The number of hydrogen-bond acceptors (Lipinski definition) is 3. The van der Waals surface area contributed by atoms with Crippen LogP contribution < -0.4 is 5.73 Å². The molecule has 0 aromatic heterocycles. The van der Waals surface area contributed by atoms with Crippen molar-refractivity contribution < 1.29 is 18.0 Å². The van der Waals surface area contributed by atoms with Gasteiger partial charge < -0.3 is 5.73 Å². The predicted octanol–water partition coefficient (Wildman–Crippen LogP) is 2.28. The molecule has 0 fully saturated rings. The number of azo groups is 1. The Morgan fingerprint density at radius 1 is 1.22 bits per heavy atom.